The Labute approximate surface area is 96.8 Å². The number of rotatable bonds is 3. The molecule has 0 aromatic carbocycles. The maximum atomic E-state index is 5.24. The smallest absolute Gasteiger partial charge is 0.195 e. The van der Waals surface area contributed by atoms with Crippen LogP contribution in [-0.2, 0) is 6.54 Å². The molecule has 0 amide bonds. The molecule has 0 radical (unpaired) electrons. The fourth-order valence-electron chi connectivity index (χ4n) is 1.64. The Morgan fingerprint density at radius 1 is 1.60 bits per heavy atom. The van der Waals surface area contributed by atoms with Crippen LogP contribution in [0.4, 0.5) is 0 Å². The molecular formula is C10H11N3S2. The maximum Gasteiger partial charge on any atom is 0.195 e. The van der Waals surface area contributed by atoms with Crippen molar-refractivity contribution in [3.8, 4) is 10.7 Å². The Morgan fingerprint density at radius 3 is 3.13 bits per heavy atom. The van der Waals surface area contributed by atoms with E-state index in [0.717, 1.165) is 23.1 Å². The second kappa shape index (κ2) is 3.57. The van der Waals surface area contributed by atoms with Gasteiger partial charge in [-0.15, -0.1) is 11.3 Å². The summed E-state index contributed by atoms with van der Waals surface area (Å²) in [6.45, 7) is 1.02. The van der Waals surface area contributed by atoms with Gasteiger partial charge in [-0.3, -0.25) is 9.67 Å². The van der Waals surface area contributed by atoms with E-state index in [0.29, 0.717) is 0 Å². The summed E-state index contributed by atoms with van der Waals surface area (Å²) in [6.07, 6.45) is 2.66. The monoisotopic (exact) mass is 237 g/mol. The van der Waals surface area contributed by atoms with Crippen LogP contribution in [-0.4, -0.2) is 14.8 Å². The van der Waals surface area contributed by atoms with Crippen LogP contribution in [0, 0.1) is 10.7 Å². The fraction of sp³-hybridized carbons (Fsp3) is 0.400. The van der Waals surface area contributed by atoms with Gasteiger partial charge < -0.3 is 0 Å². The third-order valence-corrected chi connectivity index (χ3v) is 3.82. The van der Waals surface area contributed by atoms with Crippen LogP contribution in [0.2, 0.25) is 0 Å². The van der Waals surface area contributed by atoms with E-state index in [9.17, 15) is 0 Å². The van der Waals surface area contributed by atoms with Gasteiger partial charge in [-0.25, -0.2) is 0 Å². The molecule has 2 aromatic heterocycles. The molecule has 1 aliphatic rings. The minimum Gasteiger partial charge on any atom is -0.299 e. The molecular weight excluding hydrogens is 226 g/mol. The molecule has 0 aliphatic heterocycles. The maximum absolute atomic E-state index is 5.24. The highest BCUT2D eigenvalue weighted by Crippen LogP contribution is 2.32. The molecule has 0 unspecified atom stereocenters. The van der Waals surface area contributed by atoms with Crippen LogP contribution in [0.3, 0.4) is 0 Å². The molecule has 1 aliphatic carbocycles. The van der Waals surface area contributed by atoms with E-state index >= 15 is 0 Å². The van der Waals surface area contributed by atoms with Crippen molar-refractivity contribution >= 4 is 23.6 Å². The number of thiophene rings is 1. The van der Waals surface area contributed by atoms with Crippen LogP contribution < -0.4 is 0 Å². The van der Waals surface area contributed by atoms with Crippen LogP contribution in [0.1, 0.15) is 12.8 Å². The van der Waals surface area contributed by atoms with Gasteiger partial charge in [-0.2, -0.15) is 5.10 Å². The van der Waals surface area contributed by atoms with Crippen molar-refractivity contribution in [3.63, 3.8) is 0 Å². The van der Waals surface area contributed by atoms with Crippen LogP contribution >= 0.6 is 23.6 Å². The molecule has 1 saturated carbocycles. The van der Waals surface area contributed by atoms with Gasteiger partial charge in [-0.05, 0) is 42.4 Å². The Bertz CT molecular complexity index is 505. The van der Waals surface area contributed by atoms with Gasteiger partial charge in [0.25, 0.3) is 0 Å². The molecule has 0 bridgehead atoms. The Hall–Kier alpha value is -0.940. The van der Waals surface area contributed by atoms with E-state index in [1.807, 2.05) is 6.07 Å². The number of hydrogen-bond acceptors (Lipinski definition) is 3. The predicted octanol–water partition coefficient (Wildman–Crippen LogP) is 3.08. The van der Waals surface area contributed by atoms with E-state index in [2.05, 4.69) is 26.2 Å². The number of aromatic nitrogens is 3. The Kier molecular flexibility index (Phi) is 2.21. The topological polar surface area (TPSA) is 33.6 Å². The van der Waals surface area contributed by atoms with Crippen molar-refractivity contribution in [1.82, 2.24) is 14.8 Å². The third-order valence-electron chi connectivity index (χ3n) is 2.64. The number of nitrogens with one attached hydrogen (secondary N) is 1. The van der Waals surface area contributed by atoms with Crippen LogP contribution in [0.15, 0.2) is 17.5 Å². The van der Waals surface area contributed by atoms with E-state index in [-0.39, 0.29) is 0 Å². The zero-order chi connectivity index (χ0) is 10.3. The van der Waals surface area contributed by atoms with Gasteiger partial charge in [0.05, 0.1) is 4.88 Å². The van der Waals surface area contributed by atoms with Gasteiger partial charge >= 0.3 is 0 Å². The van der Waals surface area contributed by atoms with E-state index < -0.39 is 0 Å². The average molecular weight is 237 g/mol. The first-order valence-corrected chi connectivity index (χ1v) is 6.32. The molecule has 0 atom stereocenters. The molecule has 0 spiro atoms. The number of hydrogen-bond donors (Lipinski definition) is 1. The van der Waals surface area contributed by atoms with Crippen molar-refractivity contribution in [3.05, 3.63) is 22.3 Å². The lowest BCUT2D eigenvalue weighted by Gasteiger charge is -2.03. The van der Waals surface area contributed by atoms with Crippen molar-refractivity contribution in [2.45, 2.75) is 19.4 Å². The summed E-state index contributed by atoms with van der Waals surface area (Å²) >= 11 is 6.94. The summed E-state index contributed by atoms with van der Waals surface area (Å²) in [4.78, 5) is 1.18. The minimum atomic E-state index is 0.741. The third kappa shape index (κ3) is 1.77. The summed E-state index contributed by atoms with van der Waals surface area (Å²) in [7, 11) is 0. The quantitative estimate of drug-likeness (QED) is 0.832. The average Bonchev–Trinajstić information content (AvgIpc) is 2.75. The van der Waals surface area contributed by atoms with Gasteiger partial charge in [0.2, 0.25) is 0 Å². The highest BCUT2D eigenvalue weighted by molar-refractivity contribution is 7.71. The van der Waals surface area contributed by atoms with Crippen molar-refractivity contribution < 1.29 is 0 Å². The summed E-state index contributed by atoms with van der Waals surface area (Å²) in [5.41, 5.74) is 0. The van der Waals surface area contributed by atoms with Crippen molar-refractivity contribution in [2.24, 2.45) is 5.92 Å². The lowest BCUT2D eigenvalue weighted by Crippen LogP contribution is -2.01. The molecule has 5 heteroatoms. The highest BCUT2D eigenvalue weighted by Gasteiger charge is 2.23. The first-order chi connectivity index (χ1) is 7.34. The van der Waals surface area contributed by atoms with Crippen molar-refractivity contribution in [2.75, 3.05) is 0 Å². The zero-order valence-corrected chi connectivity index (χ0v) is 9.77. The highest BCUT2D eigenvalue weighted by atomic mass is 32.1. The van der Waals surface area contributed by atoms with Crippen molar-refractivity contribution in [1.29, 1.82) is 0 Å². The minimum absolute atomic E-state index is 0.741. The van der Waals surface area contributed by atoms with Crippen LogP contribution in [0.5, 0.6) is 0 Å². The largest absolute Gasteiger partial charge is 0.299 e. The lowest BCUT2D eigenvalue weighted by molar-refractivity contribution is 0.624. The second-order valence-corrected chi connectivity index (χ2v) is 5.22. The number of nitrogens with zero attached hydrogens (tertiary/aromatic N) is 2. The summed E-state index contributed by atoms with van der Waals surface area (Å²) in [5, 5.41) is 9.24. The first kappa shape index (κ1) is 9.30. The van der Waals surface area contributed by atoms with Gasteiger partial charge in [0, 0.05) is 6.54 Å². The first-order valence-electron chi connectivity index (χ1n) is 5.03. The standard InChI is InChI=1S/C10H11N3S2/c14-10-12-11-9(8-2-1-5-15-8)13(10)6-7-3-4-7/h1-2,5,7H,3-4,6H2,(H,12,14). The molecule has 3 rings (SSSR count). The van der Waals surface area contributed by atoms with E-state index in [4.69, 9.17) is 12.2 Å². The normalized spacial score (nSPS) is 15.7. The molecule has 1 fully saturated rings. The van der Waals surface area contributed by atoms with Gasteiger partial charge in [0.1, 0.15) is 0 Å². The molecule has 1 N–H and O–H groups in total. The molecule has 0 saturated heterocycles. The summed E-state index contributed by atoms with van der Waals surface area (Å²) in [5.74, 6) is 1.80. The fourth-order valence-corrected chi connectivity index (χ4v) is 2.57. The molecule has 2 aromatic rings. The Balaban J connectivity index is 2.03. The number of aromatic amines is 1. The molecule has 3 nitrogen and oxygen atoms in total. The predicted molar refractivity (Wildman–Crippen MR) is 63.4 cm³/mol. The lowest BCUT2D eigenvalue weighted by atomic mass is 10.4. The second-order valence-electron chi connectivity index (χ2n) is 3.88. The summed E-state index contributed by atoms with van der Waals surface area (Å²) < 4.78 is 2.86. The zero-order valence-electron chi connectivity index (χ0n) is 8.14. The van der Waals surface area contributed by atoms with E-state index in [1.165, 1.54) is 17.7 Å². The Morgan fingerprint density at radius 2 is 2.47 bits per heavy atom. The summed E-state index contributed by atoms with van der Waals surface area (Å²) in [6, 6.07) is 4.12. The van der Waals surface area contributed by atoms with E-state index in [1.54, 1.807) is 11.3 Å². The SMILES string of the molecule is S=c1[nH]nc(-c2cccs2)n1CC1CC1. The van der Waals surface area contributed by atoms with Crippen LogP contribution in [0.25, 0.3) is 10.7 Å². The van der Waals surface area contributed by atoms with Gasteiger partial charge in [0.15, 0.2) is 10.6 Å². The molecule has 2 heterocycles. The molecule has 78 valence electrons. The number of H-pyrrole nitrogens is 1. The molecule has 15 heavy (non-hydrogen) atoms. The van der Waals surface area contributed by atoms with Gasteiger partial charge in [-0.1, -0.05) is 6.07 Å².